The number of hydrogen-bond donors (Lipinski definition) is 1. The van der Waals surface area contributed by atoms with Gasteiger partial charge in [0.25, 0.3) is 0 Å². The summed E-state index contributed by atoms with van der Waals surface area (Å²) in [6, 6.07) is 18.5. The number of hydrogen-bond acceptors (Lipinski definition) is 4. The van der Waals surface area contributed by atoms with Crippen molar-refractivity contribution in [2.24, 2.45) is 0 Å². The molecule has 2 fully saturated rings. The molecule has 8 nitrogen and oxygen atoms in total. The van der Waals surface area contributed by atoms with Gasteiger partial charge in [-0.2, -0.15) is 0 Å². The first-order valence-corrected chi connectivity index (χ1v) is 11.9. The Labute approximate surface area is 201 Å². The van der Waals surface area contributed by atoms with Crippen molar-refractivity contribution in [3.8, 4) is 0 Å². The molecule has 4 rings (SSSR count). The Bertz CT molecular complexity index is 1020. The van der Waals surface area contributed by atoms with Crippen molar-refractivity contribution in [2.45, 2.75) is 51.5 Å². The highest BCUT2D eigenvalue weighted by atomic mass is 16.2. The number of piperazine rings is 1. The molecule has 180 valence electrons. The molecule has 2 saturated heterocycles. The highest BCUT2D eigenvalue weighted by Crippen LogP contribution is 2.32. The summed E-state index contributed by atoms with van der Waals surface area (Å²) < 4.78 is 0. The minimum absolute atomic E-state index is 0.0526. The number of hydrazine groups is 1. The molecule has 2 heterocycles. The zero-order valence-electron chi connectivity index (χ0n) is 20.1. The van der Waals surface area contributed by atoms with E-state index < -0.39 is 12.2 Å². The number of carbonyl (C=O) groups is 3. The van der Waals surface area contributed by atoms with Crippen molar-refractivity contribution in [2.75, 3.05) is 20.1 Å². The van der Waals surface area contributed by atoms with E-state index in [1.165, 1.54) is 0 Å². The maximum atomic E-state index is 13.6. The van der Waals surface area contributed by atoms with Crippen LogP contribution in [0.1, 0.15) is 43.9 Å². The van der Waals surface area contributed by atoms with Gasteiger partial charge < -0.3 is 15.1 Å². The van der Waals surface area contributed by atoms with Gasteiger partial charge in [-0.15, -0.1) is 0 Å². The van der Waals surface area contributed by atoms with E-state index in [9.17, 15) is 14.4 Å². The summed E-state index contributed by atoms with van der Waals surface area (Å²) in [4.78, 5) is 43.5. The second-order valence-corrected chi connectivity index (χ2v) is 8.97. The number of rotatable bonds is 6. The smallest absolute Gasteiger partial charge is 0.333 e. The lowest BCUT2D eigenvalue weighted by Gasteiger charge is -2.55. The van der Waals surface area contributed by atoms with E-state index in [1.54, 1.807) is 22.0 Å². The largest absolute Gasteiger partial charge is 0.334 e. The number of fused-ring (bicyclic) bond motifs is 1. The Morgan fingerprint density at radius 1 is 1.06 bits per heavy atom. The Balaban J connectivity index is 1.62. The van der Waals surface area contributed by atoms with E-state index in [1.807, 2.05) is 79.4 Å². The zero-order valence-corrected chi connectivity index (χ0v) is 20.1. The lowest BCUT2D eigenvalue weighted by atomic mass is 9.98. The average Bonchev–Trinajstić information content (AvgIpc) is 2.85. The first-order valence-electron chi connectivity index (χ1n) is 11.9. The molecule has 8 heteroatoms. The van der Waals surface area contributed by atoms with Crippen LogP contribution >= 0.6 is 0 Å². The third kappa shape index (κ3) is 4.63. The van der Waals surface area contributed by atoms with Crippen LogP contribution in [0.2, 0.25) is 0 Å². The summed E-state index contributed by atoms with van der Waals surface area (Å²) in [6.07, 6.45) is 0.751. The van der Waals surface area contributed by atoms with Crippen molar-refractivity contribution >= 4 is 17.8 Å². The van der Waals surface area contributed by atoms with Crippen molar-refractivity contribution in [1.29, 1.82) is 0 Å². The third-order valence-electron chi connectivity index (χ3n) is 6.69. The van der Waals surface area contributed by atoms with Gasteiger partial charge in [-0.3, -0.25) is 9.59 Å². The van der Waals surface area contributed by atoms with Crippen LogP contribution in [0.4, 0.5) is 4.79 Å². The lowest BCUT2D eigenvalue weighted by Crippen LogP contribution is -2.76. The molecule has 2 aromatic carbocycles. The van der Waals surface area contributed by atoms with E-state index in [4.69, 9.17) is 0 Å². The second kappa shape index (κ2) is 10.3. The van der Waals surface area contributed by atoms with Crippen LogP contribution in [0, 0.1) is 0 Å². The van der Waals surface area contributed by atoms with Crippen LogP contribution in [-0.4, -0.2) is 70.0 Å². The molecule has 2 aromatic rings. The number of benzene rings is 2. The molecule has 3 atom stereocenters. The van der Waals surface area contributed by atoms with E-state index in [-0.39, 0.29) is 37.0 Å². The number of urea groups is 1. The van der Waals surface area contributed by atoms with Gasteiger partial charge >= 0.3 is 6.03 Å². The Morgan fingerprint density at radius 3 is 2.35 bits per heavy atom. The van der Waals surface area contributed by atoms with E-state index >= 15 is 0 Å². The molecule has 1 N–H and O–H groups in total. The lowest BCUT2D eigenvalue weighted by molar-refractivity contribution is -0.189. The normalized spacial score (nSPS) is 21.9. The topological polar surface area (TPSA) is 76.2 Å². The quantitative estimate of drug-likeness (QED) is 0.715. The standard InChI is InChI=1S/C26H33N5O3/c1-4-11-22-25(33)29(19(2)21-14-9-6-10-15-21)17-23-30(22)24(32)18-28(3)31(23)26(34)27-16-20-12-7-5-8-13-20/h5-10,12-15,19,22-23H,4,11,16-18H2,1-3H3,(H,27,34). The summed E-state index contributed by atoms with van der Waals surface area (Å²) in [5, 5.41) is 6.25. The van der Waals surface area contributed by atoms with Crippen molar-refractivity contribution in [3.05, 3.63) is 71.8 Å². The fourth-order valence-electron chi connectivity index (χ4n) is 4.93. The summed E-state index contributed by atoms with van der Waals surface area (Å²) in [5.41, 5.74) is 2.01. The Morgan fingerprint density at radius 2 is 1.71 bits per heavy atom. The molecule has 0 radical (unpaired) electrons. The van der Waals surface area contributed by atoms with Gasteiger partial charge in [0.15, 0.2) is 0 Å². The van der Waals surface area contributed by atoms with Crippen LogP contribution < -0.4 is 5.32 Å². The van der Waals surface area contributed by atoms with E-state index in [0.29, 0.717) is 13.0 Å². The molecule has 2 aliphatic rings. The van der Waals surface area contributed by atoms with Gasteiger partial charge in [0.2, 0.25) is 11.8 Å². The SMILES string of the molecule is CCCC1C(=O)N(C(C)c2ccccc2)CC2N1C(=O)CN(C)N2C(=O)NCc1ccccc1. The number of likely N-dealkylation sites (N-methyl/N-ethyl adjacent to an activating group) is 1. The fraction of sp³-hybridized carbons (Fsp3) is 0.423. The molecule has 0 aliphatic carbocycles. The number of carbonyl (C=O) groups excluding carboxylic acids is 3. The highest BCUT2D eigenvalue weighted by Gasteiger charge is 2.51. The van der Waals surface area contributed by atoms with Crippen molar-refractivity contribution in [3.63, 3.8) is 0 Å². The van der Waals surface area contributed by atoms with Crippen LogP contribution in [0.15, 0.2) is 60.7 Å². The molecule has 34 heavy (non-hydrogen) atoms. The minimum Gasteiger partial charge on any atom is -0.333 e. The van der Waals surface area contributed by atoms with Gasteiger partial charge in [-0.05, 0) is 24.5 Å². The first-order chi connectivity index (χ1) is 16.4. The van der Waals surface area contributed by atoms with Gasteiger partial charge in [0, 0.05) is 13.6 Å². The fourth-order valence-corrected chi connectivity index (χ4v) is 4.93. The maximum Gasteiger partial charge on any atom is 0.334 e. The number of nitrogens with zero attached hydrogens (tertiary/aromatic N) is 4. The number of nitrogens with one attached hydrogen (secondary N) is 1. The van der Waals surface area contributed by atoms with Crippen LogP contribution in [0.3, 0.4) is 0 Å². The minimum atomic E-state index is -0.583. The van der Waals surface area contributed by atoms with Crippen LogP contribution in [-0.2, 0) is 16.1 Å². The second-order valence-electron chi connectivity index (χ2n) is 8.97. The summed E-state index contributed by atoms with van der Waals surface area (Å²) in [7, 11) is 1.74. The third-order valence-corrected chi connectivity index (χ3v) is 6.69. The summed E-state index contributed by atoms with van der Waals surface area (Å²) in [5.74, 6) is -0.185. The van der Waals surface area contributed by atoms with E-state index in [2.05, 4.69) is 5.32 Å². The highest BCUT2D eigenvalue weighted by molar-refractivity contribution is 5.91. The van der Waals surface area contributed by atoms with Crippen molar-refractivity contribution < 1.29 is 14.4 Å². The first kappa shape index (κ1) is 23.8. The average molecular weight is 464 g/mol. The van der Waals surface area contributed by atoms with Gasteiger partial charge in [0.05, 0.1) is 19.1 Å². The molecule has 2 aliphatic heterocycles. The zero-order chi connectivity index (χ0) is 24.2. The Kier molecular flexibility index (Phi) is 7.17. The summed E-state index contributed by atoms with van der Waals surface area (Å²) in [6.45, 7) is 4.69. The van der Waals surface area contributed by atoms with Gasteiger partial charge in [-0.1, -0.05) is 74.0 Å². The molecular weight excluding hydrogens is 430 g/mol. The molecule has 3 unspecified atom stereocenters. The molecule has 0 saturated carbocycles. The maximum absolute atomic E-state index is 13.6. The molecule has 0 spiro atoms. The molecule has 4 amide bonds. The Hall–Kier alpha value is -3.39. The van der Waals surface area contributed by atoms with Crippen LogP contribution in [0.25, 0.3) is 0 Å². The molecular formula is C26H33N5O3. The van der Waals surface area contributed by atoms with E-state index in [0.717, 1.165) is 17.5 Å². The summed E-state index contributed by atoms with van der Waals surface area (Å²) >= 11 is 0. The van der Waals surface area contributed by atoms with Gasteiger partial charge in [0.1, 0.15) is 12.2 Å². The molecule has 0 aromatic heterocycles. The monoisotopic (exact) mass is 463 g/mol. The molecule has 0 bridgehead atoms. The number of amides is 4. The predicted octanol–water partition coefficient (Wildman–Crippen LogP) is 2.99. The van der Waals surface area contributed by atoms with Gasteiger partial charge in [-0.25, -0.2) is 14.8 Å². The van der Waals surface area contributed by atoms with Crippen molar-refractivity contribution in [1.82, 2.24) is 25.1 Å². The predicted molar refractivity (Wildman–Crippen MR) is 129 cm³/mol. The van der Waals surface area contributed by atoms with Crippen LogP contribution in [0.5, 0.6) is 0 Å².